The lowest BCUT2D eigenvalue weighted by atomic mass is 9.97. The van der Waals surface area contributed by atoms with Gasteiger partial charge >= 0.3 is 0 Å². The molecule has 2 heterocycles. The van der Waals surface area contributed by atoms with Gasteiger partial charge in [0.1, 0.15) is 6.23 Å². The zero-order valence-electron chi connectivity index (χ0n) is 10.8. The highest BCUT2D eigenvalue weighted by atomic mass is 35.5. The predicted octanol–water partition coefficient (Wildman–Crippen LogP) is 2.57. The normalized spacial score (nSPS) is 24.0. The van der Waals surface area contributed by atoms with Gasteiger partial charge in [0.25, 0.3) is 0 Å². The number of hydrogen-bond acceptors (Lipinski definition) is 3. The molecule has 1 aromatic carbocycles. The molecular weight excluding hydrogens is 283 g/mol. The van der Waals surface area contributed by atoms with Crippen molar-refractivity contribution >= 4 is 24.0 Å². The predicted molar refractivity (Wildman–Crippen MR) is 79.7 cm³/mol. The van der Waals surface area contributed by atoms with Gasteiger partial charge in [-0.1, -0.05) is 17.7 Å². The number of benzene rings is 1. The topological polar surface area (TPSA) is 35.5 Å². The first-order valence-electron chi connectivity index (χ1n) is 6.65. The highest BCUT2D eigenvalue weighted by Crippen LogP contribution is 2.34. The molecule has 5 heteroatoms. The summed E-state index contributed by atoms with van der Waals surface area (Å²) in [6, 6.07) is 5.78. The molecule has 2 aliphatic heterocycles. The van der Waals surface area contributed by atoms with Crippen LogP contribution in [0.2, 0.25) is 5.02 Å². The summed E-state index contributed by atoms with van der Waals surface area (Å²) in [6.45, 7) is 4.01. The van der Waals surface area contributed by atoms with Crippen LogP contribution in [-0.2, 0) is 6.54 Å². The lowest BCUT2D eigenvalue weighted by molar-refractivity contribution is 0.000409. The van der Waals surface area contributed by atoms with Gasteiger partial charge in [-0.25, -0.2) is 0 Å². The fraction of sp³-hybridized carbons (Fsp3) is 0.571. The molecule has 19 heavy (non-hydrogen) atoms. The number of hydrogen-bond donors (Lipinski definition) is 2. The molecule has 3 rings (SSSR count). The molecule has 2 aliphatic rings. The number of nitrogens with zero attached hydrogens (tertiary/aromatic N) is 1. The van der Waals surface area contributed by atoms with Crippen molar-refractivity contribution < 1.29 is 5.11 Å². The minimum Gasteiger partial charge on any atom is -0.374 e. The van der Waals surface area contributed by atoms with Crippen LogP contribution >= 0.6 is 24.0 Å². The molecule has 1 aromatic rings. The maximum absolute atomic E-state index is 10.3. The smallest absolute Gasteiger partial charge is 0.134 e. The van der Waals surface area contributed by atoms with Crippen molar-refractivity contribution in [2.24, 2.45) is 5.92 Å². The van der Waals surface area contributed by atoms with E-state index < -0.39 is 6.23 Å². The summed E-state index contributed by atoms with van der Waals surface area (Å²) in [4.78, 5) is 2.16. The van der Waals surface area contributed by atoms with Crippen LogP contribution in [0.25, 0.3) is 0 Å². The number of aliphatic hydroxyl groups excluding tert-OH is 1. The second-order valence-electron chi connectivity index (χ2n) is 5.34. The summed E-state index contributed by atoms with van der Waals surface area (Å²) < 4.78 is 0. The molecule has 0 spiro atoms. The lowest BCUT2D eigenvalue weighted by Gasteiger charge is -2.29. The van der Waals surface area contributed by atoms with Gasteiger partial charge in [0.05, 0.1) is 0 Å². The molecule has 0 amide bonds. The Kier molecular flexibility index (Phi) is 5.09. The molecule has 1 unspecified atom stereocenters. The van der Waals surface area contributed by atoms with Gasteiger partial charge in [-0.15, -0.1) is 12.4 Å². The van der Waals surface area contributed by atoms with E-state index in [-0.39, 0.29) is 12.4 Å². The van der Waals surface area contributed by atoms with Crippen molar-refractivity contribution in [3.05, 3.63) is 34.3 Å². The van der Waals surface area contributed by atoms with Crippen LogP contribution in [-0.4, -0.2) is 29.6 Å². The Labute approximate surface area is 125 Å². The molecule has 0 aromatic heterocycles. The van der Waals surface area contributed by atoms with Gasteiger partial charge in [-0.05, 0) is 55.1 Å². The fourth-order valence-corrected chi connectivity index (χ4v) is 3.22. The summed E-state index contributed by atoms with van der Waals surface area (Å²) in [5, 5.41) is 14.5. The summed E-state index contributed by atoms with van der Waals surface area (Å²) in [5.41, 5.74) is 2.19. The molecule has 1 fully saturated rings. The van der Waals surface area contributed by atoms with Crippen molar-refractivity contribution in [3.63, 3.8) is 0 Å². The average Bonchev–Trinajstić information content (AvgIpc) is 2.67. The van der Waals surface area contributed by atoms with Crippen molar-refractivity contribution in [1.82, 2.24) is 10.2 Å². The Morgan fingerprint density at radius 2 is 2.05 bits per heavy atom. The maximum atomic E-state index is 10.3. The molecule has 0 bridgehead atoms. The number of fused-ring (bicyclic) bond motifs is 1. The van der Waals surface area contributed by atoms with Gasteiger partial charge in [-0.2, -0.15) is 0 Å². The Hall–Kier alpha value is -0.320. The average molecular weight is 303 g/mol. The van der Waals surface area contributed by atoms with Gasteiger partial charge < -0.3 is 10.4 Å². The first kappa shape index (κ1) is 15.1. The van der Waals surface area contributed by atoms with Crippen LogP contribution in [0, 0.1) is 5.92 Å². The van der Waals surface area contributed by atoms with Crippen LogP contribution in [0.15, 0.2) is 18.2 Å². The van der Waals surface area contributed by atoms with Crippen LogP contribution in [0.1, 0.15) is 30.2 Å². The Morgan fingerprint density at radius 3 is 2.79 bits per heavy atom. The van der Waals surface area contributed by atoms with Crippen LogP contribution in [0.3, 0.4) is 0 Å². The third-order valence-corrected chi connectivity index (χ3v) is 4.29. The molecule has 0 saturated carbocycles. The Morgan fingerprint density at radius 1 is 1.32 bits per heavy atom. The van der Waals surface area contributed by atoms with E-state index in [0.29, 0.717) is 5.92 Å². The fourth-order valence-electron chi connectivity index (χ4n) is 3.03. The van der Waals surface area contributed by atoms with Gasteiger partial charge in [0.2, 0.25) is 0 Å². The highest BCUT2D eigenvalue weighted by Gasteiger charge is 2.30. The standard InChI is InChI=1S/C14H19ClN2O.ClH/c15-12-1-2-13-11(7-12)9-17(14(13)18)8-10-3-5-16-6-4-10;/h1-2,7,10,14,16,18H,3-6,8-9H2;1H. The minimum atomic E-state index is -0.452. The van der Waals surface area contributed by atoms with Crippen LogP contribution in [0.4, 0.5) is 0 Å². The number of rotatable bonds is 2. The highest BCUT2D eigenvalue weighted by molar-refractivity contribution is 6.30. The third kappa shape index (κ3) is 3.23. The van der Waals surface area contributed by atoms with E-state index in [1.54, 1.807) is 0 Å². The number of aliphatic hydroxyl groups is 1. The molecule has 0 radical (unpaired) electrons. The molecule has 0 aliphatic carbocycles. The van der Waals surface area contributed by atoms with E-state index in [0.717, 1.165) is 36.8 Å². The van der Waals surface area contributed by atoms with Crippen molar-refractivity contribution in [2.75, 3.05) is 19.6 Å². The van der Waals surface area contributed by atoms with Gasteiger partial charge in [0, 0.05) is 18.1 Å². The van der Waals surface area contributed by atoms with E-state index >= 15 is 0 Å². The second kappa shape index (κ2) is 6.42. The van der Waals surface area contributed by atoms with Crippen molar-refractivity contribution in [1.29, 1.82) is 0 Å². The van der Waals surface area contributed by atoms with Crippen molar-refractivity contribution in [2.45, 2.75) is 25.6 Å². The van der Waals surface area contributed by atoms with E-state index in [9.17, 15) is 5.11 Å². The Balaban J connectivity index is 0.00000133. The largest absolute Gasteiger partial charge is 0.374 e. The van der Waals surface area contributed by atoms with Crippen molar-refractivity contribution in [3.8, 4) is 0 Å². The summed E-state index contributed by atoms with van der Waals surface area (Å²) >= 11 is 6.00. The molecule has 106 valence electrons. The Bertz CT molecular complexity index is 435. The molecule has 3 nitrogen and oxygen atoms in total. The van der Waals surface area contributed by atoms with E-state index in [1.165, 1.54) is 18.4 Å². The first-order valence-corrected chi connectivity index (χ1v) is 7.03. The molecule has 2 N–H and O–H groups in total. The summed E-state index contributed by atoms with van der Waals surface area (Å²) in [7, 11) is 0. The first-order chi connectivity index (χ1) is 8.74. The number of nitrogens with one attached hydrogen (secondary N) is 1. The summed E-state index contributed by atoms with van der Waals surface area (Å²) in [6.07, 6.45) is 1.97. The monoisotopic (exact) mass is 302 g/mol. The minimum absolute atomic E-state index is 0. The molecule has 1 atom stereocenters. The number of piperidine rings is 1. The quantitative estimate of drug-likeness (QED) is 0.881. The second-order valence-corrected chi connectivity index (χ2v) is 5.78. The number of halogens is 2. The molecule has 1 saturated heterocycles. The summed E-state index contributed by atoms with van der Waals surface area (Å²) in [5.74, 6) is 0.700. The van der Waals surface area contributed by atoms with E-state index in [4.69, 9.17) is 11.6 Å². The van der Waals surface area contributed by atoms with Crippen LogP contribution in [0.5, 0.6) is 0 Å². The zero-order chi connectivity index (χ0) is 12.5. The lowest BCUT2D eigenvalue weighted by Crippen LogP contribution is -2.35. The van der Waals surface area contributed by atoms with E-state index in [2.05, 4.69) is 10.2 Å². The maximum Gasteiger partial charge on any atom is 0.134 e. The zero-order valence-corrected chi connectivity index (χ0v) is 12.4. The van der Waals surface area contributed by atoms with E-state index in [1.807, 2.05) is 18.2 Å². The SMILES string of the molecule is Cl.OC1c2ccc(Cl)cc2CN1CC1CCNCC1. The van der Waals surface area contributed by atoms with Gasteiger partial charge in [0.15, 0.2) is 0 Å². The van der Waals surface area contributed by atoms with Gasteiger partial charge in [-0.3, -0.25) is 4.90 Å². The third-order valence-electron chi connectivity index (χ3n) is 4.05. The van der Waals surface area contributed by atoms with Crippen LogP contribution < -0.4 is 5.32 Å². The molecular formula is C14H20Cl2N2O.